The number of aldehydes is 1. The second-order valence-corrected chi connectivity index (χ2v) is 4.51. The Balaban J connectivity index is 1.99. The summed E-state index contributed by atoms with van der Waals surface area (Å²) in [5.41, 5.74) is 1.38. The zero-order chi connectivity index (χ0) is 15.0. The lowest BCUT2D eigenvalue weighted by atomic mass is 9.98. The number of esters is 2. The van der Waals surface area contributed by atoms with Crippen molar-refractivity contribution in [3.63, 3.8) is 0 Å². The maximum Gasteiger partial charge on any atom is 0.346 e. The van der Waals surface area contributed by atoms with Gasteiger partial charge in [-0.2, -0.15) is 0 Å². The molecule has 102 valence electrons. The summed E-state index contributed by atoms with van der Waals surface area (Å²) in [5.74, 6) is -1.76. The third-order valence-electron chi connectivity index (χ3n) is 3.22. The van der Waals surface area contributed by atoms with Crippen molar-refractivity contribution in [2.75, 3.05) is 0 Å². The number of hydrogen-bond donors (Lipinski definition) is 0. The molecule has 0 fully saturated rings. The van der Waals surface area contributed by atoms with Gasteiger partial charge >= 0.3 is 11.9 Å². The molecule has 21 heavy (non-hydrogen) atoms. The molecule has 5 nitrogen and oxygen atoms in total. The molecule has 2 aromatic rings. The lowest BCUT2D eigenvalue weighted by Crippen LogP contribution is -2.04. The van der Waals surface area contributed by atoms with Crippen molar-refractivity contribution in [1.29, 1.82) is 0 Å². The summed E-state index contributed by atoms with van der Waals surface area (Å²) in [6.45, 7) is 0. The molecular weight excluding hydrogens is 272 g/mol. The van der Waals surface area contributed by atoms with Gasteiger partial charge in [0.1, 0.15) is 6.29 Å². The highest BCUT2D eigenvalue weighted by Crippen LogP contribution is 2.22. The van der Waals surface area contributed by atoms with Gasteiger partial charge in [0.2, 0.25) is 0 Å². The van der Waals surface area contributed by atoms with Crippen LogP contribution in [0.4, 0.5) is 0 Å². The van der Waals surface area contributed by atoms with E-state index in [-0.39, 0.29) is 22.5 Å². The van der Waals surface area contributed by atoms with E-state index in [9.17, 15) is 19.2 Å². The summed E-state index contributed by atoms with van der Waals surface area (Å²) in [7, 11) is 0. The topological polar surface area (TPSA) is 77.5 Å². The van der Waals surface area contributed by atoms with E-state index in [2.05, 4.69) is 4.74 Å². The first-order valence-electron chi connectivity index (χ1n) is 6.10. The lowest BCUT2D eigenvalue weighted by Gasteiger charge is -2.02. The van der Waals surface area contributed by atoms with Crippen molar-refractivity contribution in [1.82, 2.24) is 0 Å². The second-order valence-electron chi connectivity index (χ2n) is 4.51. The van der Waals surface area contributed by atoms with Crippen molar-refractivity contribution < 1.29 is 23.9 Å². The average Bonchev–Trinajstić information content (AvgIpc) is 2.81. The van der Waals surface area contributed by atoms with Crippen LogP contribution in [0.3, 0.4) is 0 Å². The molecule has 0 bridgehead atoms. The van der Waals surface area contributed by atoms with E-state index >= 15 is 0 Å². The molecule has 1 aliphatic heterocycles. The van der Waals surface area contributed by atoms with Crippen molar-refractivity contribution in [3.8, 4) is 0 Å². The van der Waals surface area contributed by atoms with Crippen molar-refractivity contribution in [2.45, 2.75) is 0 Å². The molecule has 0 saturated carbocycles. The zero-order valence-corrected chi connectivity index (χ0v) is 10.7. The third kappa shape index (κ3) is 2.14. The normalized spacial score (nSPS) is 12.8. The highest BCUT2D eigenvalue weighted by molar-refractivity contribution is 6.17. The van der Waals surface area contributed by atoms with Crippen LogP contribution in [0.15, 0.2) is 42.5 Å². The predicted octanol–water partition coefficient (Wildman–Crippen LogP) is 2.04. The van der Waals surface area contributed by atoms with E-state index in [1.807, 2.05) is 0 Å². The molecule has 1 heterocycles. The van der Waals surface area contributed by atoms with Crippen LogP contribution < -0.4 is 0 Å². The van der Waals surface area contributed by atoms with E-state index in [0.717, 1.165) is 0 Å². The standard InChI is InChI=1S/C16H8O5/c17-8-9-1-3-10(4-2-9)14(18)11-5-6-12-13(7-11)16(20)21-15(12)19/h1-8H. The van der Waals surface area contributed by atoms with Gasteiger partial charge in [0.15, 0.2) is 5.78 Å². The van der Waals surface area contributed by atoms with Crippen molar-refractivity contribution >= 4 is 24.0 Å². The second kappa shape index (κ2) is 4.79. The van der Waals surface area contributed by atoms with Crippen LogP contribution in [0.5, 0.6) is 0 Å². The molecule has 3 rings (SSSR count). The first kappa shape index (κ1) is 12.9. The SMILES string of the molecule is O=Cc1ccc(C(=O)c2ccc3c(c2)C(=O)OC3=O)cc1. The van der Waals surface area contributed by atoms with Gasteiger partial charge in [-0.05, 0) is 12.1 Å². The number of cyclic esters (lactones) is 2. The Morgan fingerprint density at radius 1 is 0.857 bits per heavy atom. The molecule has 0 spiro atoms. The number of ketones is 1. The summed E-state index contributed by atoms with van der Waals surface area (Å²) in [4.78, 5) is 45.7. The van der Waals surface area contributed by atoms with E-state index in [1.54, 1.807) is 0 Å². The van der Waals surface area contributed by atoms with Gasteiger partial charge in [-0.1, -0.05) is 30.3 Å². The summed E-state index contributed by atoms with van der Waals surface area (Å²) < 4.78 is 4.47. The van der Waals surface area contributed by atoms with Crippen LogP contribution in [0.1, 0.15) is 47.0 Å². The summed E-state index contributed by atoms with van der Waals surface area (Å²) in [6.07, 6.45) is 0.686. The quantitative estimate of drug-likeness (QED) is 0.372. The summed E-state index contributed by atoms with van der Waals surface area (Å²) >= 11 is 0. The van der Waals surface area contributed by atoms with Crippen LogP contribution in [0, 0.1) is 0 Å². The first-order valence-corrected chi connectivity index (χ1v) is 6.10. The molecule has 0 N–H and O–H groups in total. The molecule has 0 saturated heterocycles. The Hall–Kier alpha value is -3.08. The van der Waals surface area contributed by atoms with Gasteiger partial charge in [-0.3, -0.25) is 9.59 Å². The van der Waals surface area contributed by atoms with Gasteiger partial charge in [-0.25, -0.2) is 9.59 Å². The van der Waals surface area contributed by atoms with Crippen LogP contribution in [-0.4, -0.2) is 24.0 Å². The Kier molecular flexibility index (Phi) is 2.95. The highest BCUT2D eigenvalue weighted by Gasteiger charge is 2.30. The lowest BCUT2D eigenvalue weighted by molar-refractivity contribution is 0.0443. The number of ether oxygens (including phenoxy) is 1. The minimum absolute atomic E-state index is 0.0929. The molecule has 0 aliphatic carbocycles. The van der Waals surface area contributed by atoms with E-state index in [1.165, 1.54) is 42.5 Å². The fourth-order valence-corrected chi connectivity index (χ4v) is 2.11. The van der Waals surface area contributed by atoms with Crippen LogP contribution in [-0.2, 0) is 4.74 Å². The molecule has 5 heteroatoms. The Morgan fingerprint density at radius 2 is 1.48 bits per heavy atom. The summed E-state index contributed by atoms with van der Waals surface area (Å²) in [6, 6.07) is 10.3. The fraction of sp³-hybridized carbons (Fsp3) is 0. The van der Waals surface area contributed by atoms with Gasteiger partial charge in [0, 0.05) is 16.7 Å². The maximum atomic E-state index is 12.3. The number of rotatable bonds is 3. The van der Waals surface area contributed by atoms with Gasteiger partial charge < -0.3 is 4.74 Å². The van der Waals surface area contributed by atoms with Crippen LogP contribution in [0.25, 0.3) is 0 Å². The number of carbonyl (C=O) groups excluding carboxylic acids is 4. The largest absolute Gasteiger partial charge is 0.386 e. The number of benzene rings is 2. The number of carbonyl (C=O) groups is 4. The van der Waals surface area contributed by atoms with Gasteiger partial charge in [0.25, 0.3) is 0 Å². The minimum Gasteiger partial charge on any atom is -0.386 e. The van der Waals surface area contributed by atoms with E-state index in [4.69, 9.17) is 0 Å². The molecule has 1 aliphatic rings. The third-order valence-corrected chi connectivity index (χ3v) is 3.22. The fourth-order valence-electron chi connectivity index (χ4n) is 2.11. The smallest absolute Gasteiger partial charge is 0.346 e. The predicted molar refractivity (Wildman–Crippen MR) is 71.5 cm³/mol. The Bertz CT molecular complexity index is 787. The number of fused-ring (bicyclic) bond motifs is 1. The van der Waals surface area contributed by atoms with Gasteiger partial charge in [-0.15, -0.1) is 0 Å². The molecule has 0 radical (unpaired) electrons. The first-order chi connectivity index (χ1) is 10.1. The Morgan fingerprint density at radius 3 is 2.14 bits per heavy atom. The number of hydrogen-bond acceptors (Lipinski definition) is 5. The van der Waals surface area contributed by atoms with Crippen molar-refractivity contribution in [3.05, 3.63) is 70.3 Å². The van der Waals surface area contributed by atoms with Crippen molar-refractivity contribution in [2.24, 2.45) is 0 Å². The van der Waals surface area contributed by atoms with E-state index < -0.39 is 11.9 Å². The maximum absolute atomic E-state index is 12.3. The van der Waals surface area contributed by atoms with Crippen LogP contribution in [0.2, 0.25) is 0 Å². The molecule has 0 atom stereocenters. The van der Waals surface area contributed by atoms with Crippen LogP contribution >= 0.6 is 0 Å². The summed E-state index contributed by atoms with van der Waals surface area (Å²) in [5, 5.41) is 0. The molecular formula is C16H8O5. The van der Waals surface area contributed by atoms with Gasteiger partial charge in [0.05, 0.1) is 11.1 Å². The van der Waals surface area contributed by atoms with E-state index in [0.29, 0.717) is 17.4 Å². The average molecular weight is 280 g/mol. The molecule has 0 unspecified atom stereocenters. The Labute approximate surface area is 119 Å². The minimum atomic E-state index is -0.749. The zero-order valence-electron chi connectivity index (χ0n) is 10.7. The monoisotopic (exact) mass is 280 g/mol. The molecule has 0 aromatic heterocycles. The molecule has 0 amide bonds. The highest BCUT2D eigenvalue weighted by atomic mass is 16.6. The molecule has 2 aromatic carbocycles.